The first-order valence-electron chi connectivity index (χ1n) is 8.49. The summed E-state index contributed by atoms with van der Waals surface area (Å²) in [6.07, 6.45) is 1.79. The Kier molecular flexibility index (Phi) is 7.40. The number of carbonyl (C=O) groups is 3. The molecule has 7 nitrogen and oxygen atoms in total. The van der Waals surface area contributed by atoms with Gasteiger partial charge < -0.3 is 20.3 Å². The molecule has 2 N–H and O–H groups in total. The molecular weight excluding hydrogens is 322 g/mol. The zero-order valence-electron chi connectivity index (χ0n) is 14.5. The number of hydrogen-bond acceptors (Lipinski definition) is 4. The van der Waals surface area contributed by atoms with Gasteiger partial charge in [0.1, 0.15) is 0 Å². The van der Waals surface area contributed by atoms with Crippen LogP contribution in [-0.2, 0) is 14.3 Å². The van der Waals surface area contributed by atoms with E-state index in [9.17, 15) is 14.4 Å². The number of carbonyl (C=O) groups excluding carboxylic acids is 3. The van der Waals surface area contributed by atoms with Gasteiger partial charge in [0.25, 0.3) is 5.91 Å². The zero-order valence-corrected chi connectivity index (χ0v) is 14.5. The number of piperidine rings is 1. The normalized spacial score (nSPS) is 14.8. The molecule has 0 aromatic heterocycles. The topological polar surface area (TPSA) is 87.7 Å². The molecule has 0 bridgehead atoms. The van der Waals surface area contributed by atoms with E-state index >= 15 is 0 Å². The van der Waals surface area contributed by atoms with Crippen molar-refractivity contribution in [3.8, 4) is 0 Å². The Hall–Kier alpha value is -2.41. The first kappa shape index (κ1) is 18.9. The average Bonchev–Trinajstić information content (AvgIpc) is 2.65. The van der Waals surface area contributed by atoms with E-state index in [0.717, 1.165) is 12.8 Å². The van der Waals surface area contributed by atoms with Crippen LogP contribution in [0.2, 0.25) is 0 Å². The average molecular weight is 347 g/mol. The van der Waals surface area contributed by atoms with Gasteiger partial charge in [0, 0.05) is 38.2 Å². The molecule has 136 valence electrons. The maximum Gasteiger partial charge on any atom is 0.251 e. The molecule has 25 heavy (non-hydrogen) atoms. The highest BCUT2D eigenvalue weighted by molar-refractivity contribution is 5.96. The molecular formula is C18H25N3O4. The van der Waals surface area contributed by atoms with E-state index in [4.69, 9.17) is 4.74 Å². The van der Waals surface area contributed by atoms with E-state index in [1.807, 2.05) is 6.07 Å². The van der Waals surface area contributed by atoms with E-state index in [0.29, 0.717) is 31.7 Å². The Morgan fingerprint density at radius 2 is 1.84 bits per heavy atom. The third-order valence-electron chi connectivity index (χ3n) is 4.18. The monoisotopic (exact) mass is 347 g/mol. The molecule has 3 amide bonds. The zero-order chi connectivity index (χ0) is 18.1. The fourth-order valence-electron chi connectivity index (χ4n) is 2.73. The second kappa shape index (κ2) is 9.78. The number of methoxy groups -OCH3 is 1. The van der Waals surface area contributed by atoms with Crippen molar-refractivity contribution >= 4 is 17.7 Å². The first-order chi connectivity index (χ1) is 12.1. The van der Waals surface area contributed by atoms with Gasteiger partial charge in [-0.25, -0.2) is 0 Å². The second-order valence-electron chi connectivity index (χ2n) is 6.01. The molecule has 1 aromatic rings. The van der Waals surface area contributed by atoms with Crippen molar-refractivity contribution in [1.82, 2.24) is 15.5 Å². The summed E-state index contributed by atoms with van der Waals surface area (Å²) >= 11 is 0. The maximum absolute atomic E-state index is 12.2. The molecule has 1 heterocycles. The van der Waals surface area contributed by atoms with E-state index < -0.39 is 0 Å². The van der Waals surface area contributed by atoms with Crippen LogP contribution in [0.4, 0.5) is 0 Å². The molecule has 0 saturated carbocycles. The third kappa shape index (κ3) is 6.19. The lowest BCUT2D eigenvalue weighted by atomic mass is 10.0. The van der Waals surface area contributed by atoms with Gasteiger partial charge in [-0.3, -0.25) is 14.4 Å². The Labute approximate surface area is 147 Å². The maximum atomic E-state index is 12.2. The highest BCUT2D eigenvalue weighted by Crippen LogP contribution is 2.10. The van der Waals surface area contributed by atoms with Gasteiger partial charge in [0.15, 0.2) is 0 Å². The molecule has 0 unspecified atom stereocenters. The Balaban J connectivity index is 1.69. The van der Waals surface area contributed by atoms with Crippen LogP contribution in [-0.4, -0.2) is 62.0 Å². The van der Waals surface area contributed by atoms with Gasteiger partial charge >= 0.3 is 0 Å². The largest absolute Gasteiger partial charge is 0.384 e. The van der Waals surface area contributed by atoms with E-state index in [1.54, 1.807) is 36.3 Å². The summed E-state index contributed by atoms with van der Waals surface area (Å²) in [7, 11) is 1.56. The van der Waals surface area contributed by atoms with Crippen molar-refractivity contribution < 1.29 is 19.1 Å². The number of hydrogen-bond donors (Lipinski definition) is 2. The predicted octanol–water partition coefficient (Wildman–Crippen LogP) is 0.560. The number of likely N-dealkylation sites (tertiary alicyclic amines) is 1. The Morgan fingerprint density at radius 3 is 2.48 bits per heavy atom. The minimum absolute atomic E-state index is 0.0153. The molecule has 7 heteroatoms. The van der Waals surface area contributed by atoms with Crippen LogP contribution >= 0.6 is 0 Å². The molecule has 1 aromatic carbocycles. The standard InChI is InChI=1S/C18H25N3O4/c1-25-12-9-16(22)20-15-7-10-21(11-8-15)17(23)13-19-18(24)14-5-3-2-4-6-14/h2-6,15H,7-13H2,1H3,(H,19,24)(H,20,22). The smallest absolute Gasteiger partial charge is 0.251 e. The van der Waals surface area contributed by atoms with Gasteiger partial charge in [-0.15, -0.1) is 0 Å². The van der Waals surface area contributed by atoms with Crippen LogP contribution < -0.4 is 10.6 Å². The summed E-state index contributed by atoms with van der Waals surface area (Å²) < 4.78 is 4.88. The number of amides is 3. The lowest BCUT2D eigenvalue weighted by Crippen LogP contribution is -2.49. The second-order valence-corrected chi connectivity index (χ2v) is 6.01. The van der Waals surface area contributed by atoms with Crippen LogP contribution in [0.15, 0.2) is 30.3 Å². The minimum atomic E-state index is -0.255. The molecule has 1 aliphatic heterocycles. The van der Waals surface area contributed by atoms with Crippen molar-refractivity contribution in [2.45, 2.75) is 25.3 Å². The summed E-state index contributed by atoms with van der Waals surface area (Å²) in [5.74, 6) is -0.385. The molecule has 0 atom stereocenters. The van der Waals surface area contributed by atoms with Crippen LogP contribution in [0.5, 0.6) is 0 Å². The number of nitrogens with zero attached hydrogens (tertiary/aromatic N) is 1. The quantitative estimate of drug-likeness (QED) is 0.754. The lowest BCUT2D eigenvalue weighted by molar-refractivity contribution is -0.131. The van der Waals surface area contributed by atoms with Gasteiger partial charge in [0.05, 0.1) is 13.2 Å². The third-order valence-corrected chi connectivity index (χ3v) is 4.18. The predicted molar refractivity (Wildman–Crippen MR) is 93.0 cm³/mol. The van der Waals surface area contributed by atoms with Crippen LogP contribution in [0.1, 0.15) is 29.6 Å². The Morgan fingerprint density at radius 1 is 1.16 bits per heavy atom. The summed E-state index contributed by atoms with van der Waals surface area (Å²) in [5, 5.41) is 5.61. The lowest BCUT2D eigenvalue weighted by Gasteiger charge is -2.32. The van der Waals surface area contributed by atoms with E-state index in [2.05, 4.69) is 10.6 Å². The fraction of sp³-hybridized carbons (Fsp3) is 0.500. The number of benzene rings is 1. The van der Waals surface area contributed by atoms with E-state index in [1.165, 1.54) is 0 Å². The van der Waals surface area contributed by atoms with Crippen molar-refractivity contribution in [2.75, 3.05) is 33.4 Å². The fourth-order valence-corrected chi connectivity index (χ4v) is 2.73. The molecule has 1 fully saturated rings. The number of ether oxygens (including phenoxy) is 1. The molecule has 2 rings (SSSR count). The highest BCUT2D eigenvalue weighted by Gasteiger charge is 2.23. The van der Waals surface area contributed by atoms with Gasteiger partial charge in [-0.2, -0.15) is 0 Å². The molecule has 1 saturated heterocycles. The van der Waals surface area contributed by atoms with Gasteiger partial charge in [-0.1, -0.05) is 18.2 Å². The highest BCUT2D eigenvalue weighted by atomic mass is 16.5. The summed E-state index contributed by atoms with van der Waals surface area (Å²) in [5.41, 5.74) is 0.535. The molecule has 0 spiro atoms. The van der Waals surface area contributed by atoms with Crippen LogP contribution in [0.25, 0.3) is 0 Å². The first-order valence-corrected chi connectivity index (χ1v) is 8.49. The van der Waals surface area contributed by atoms with Crippen LogP contribution in [0, 0.1) is 0 Å². The summed E-state index contributed by atoms with van der Waals surface area (Å²) in [4.78, 5) is 37.6. The summed E-state index contributed by atoms with van der Waals surface area (Å²) in [6.45, 7) is 1.55. The van der Waals surface area contributed by atoms with Crippen molar-refractivity contribution in [3.05, 3.63) is 35.9 Å². The Bertz CT molecular complexity index is 583. The molecule has 1 aliphatic rings. The SMILES string of the molecule is COCCC(=O)NC1CCN(C(=O)CNC(=O)c2ccccc2)CC1. The van der Waals surface area contributed by atoms with Gasteiger partial charge in [0.2, 0.25) is 11.8 Å². The molecule has 0 aliphatic carbocycles. The summed E-state index contributed by atoms with van der Waals surface area (Å²) in [6, 6.07) is 8.90. The minimum Gasteiger partial charge on any atom is -0.384 e. The van der Waals surface area contributed by atoms with Crippen molar-refractivity contribution in [2.24, 2.45) is 0 Å². The van der Waals surface area contributed by atoms with Crippen LogP contribution in [0.3, 0.4) is 0 Å². The van der Waals surface area contributed by atoms with Crippen molar-refractivity contribution in [3.63, 3.8) is 0 Å². The number of rotatable bonds is 7. The van der Waals surface area contributed by atoms with Gasteiger partial charge in [-0.05, 0) is 25.0 Å². The molecule has 0 radical (unpaired) electrons. The van der Waals surface area contributed by atoms with E-state index in [-0.39, 0.29) is 30.3 Å². The van der Waals surface area contributed by atoms with Crippen molar-refractivity contribution in [1.29, 1.82) is 0 Å². The number of nitrogens with one attached hydrogen (secondary N) is 2.